The van der Waals surface area contributed by atoms with Gasteiger partial charge in [-0.1, -0.05) is 97.1 Å². The Kier molecular flexibility index (Phi) is 7.01. The second kappa shape index (κ2) is 10.7. The standard InChI is InChI=1S/C31H28N2OS/c34-30(33-23-24-16-17-29-25(22-24)18-20-32-29)19-21-35-31(26-10-4-1-5-11-26,27-12-6-2-7-13-27)28-14-8-3-9-15-28/h1-18,20,22,32H,19,21,23H2,(H,33,34). The van der Waals surface area contributed by atoms with Gasteiger partial charge in [0, 0.05) is 30.4 Å². The molecule has 0 aliphatic rings. The molecule has 0 bridgehead atoms. The maximum Gasteiger partial charge on any atom is 0.221 e. The van der Waals surface area contributed by atoms with Gasteiger partial charge in [-0.05, 0) is 45.8 Å². The molecule has 0 aliphatic heterocycles. The molecule has 1 aromatic heterocycles. The van der Waals surface area contributed by atoms with Crippen molar-refractivity contribution < 1.29 is 4.79 Å². The second-order valence-electron chi connectivity index (χ2n) is 8.55. The summed E-state index contributed by atoms with van der Waals surface area (Å²) in [6.07, 6.45) is 2.38. The van der Waals surface area contributed by atoms with Crippen LogP contribution in [0.2, 0.25) is 0 Å². The van der Waals surface area contributed by atoms with Gasteiger partial charge in [-0.2, -0.15) is 0 Å². The molecule has 0 fully saturated rings. The molecule has 1 heterocycles. The number of nitrogens with one attached hydrogen (secondary N) is 2. The van der Waals surface area contributed by atoms with Crippen LogP contribution in [-0.2, 0) is 16.1 Å². The molecule has 4 aromatic carbocycles. The van der Waals surface area contributed by atoms with E-state index in [2.05, 4.69) is 101 Å². The highest BCUT2D eigenvalue weighted by Gasteiger charge is 2.36. The van der Waals surface area contributed by atoms with Crippen molar-refractivity contribution in [2.75, 3.05) is 5.75 Å². The molecule has 0 atom stereocenters. The lowest BCUT2D eigenvalue weighted by Crippen LogP contribution is -2.28. The minimum atomic E-state index is -0.399. The largest absolute Gasteiger partial charge is 0.361 e. The summed E-state index contributed by atoms with van der Waals surface area (Å²) >= 11 is 1.82. The highest BCUT2D eigenvalue weighted by molar-refractivity contribution is 8.00. The van der Waals surface area contributed by atoms with Gasteiger partial charge in [0.25, 0.3) is 0 Å². The van der Waals surface area contributed by atoms with Gasteiger partial charge >= 0.3 is 0 Å². The number of hydrogen-bond donors (Lipinski definition) is 2. The summed E-state index contributed by atoms with van der Waals surface area (Å²) in [6.45, 7) is 0.534. The molecule has 5 aromatic rings. The number of benzene rings is 4. The van der Waals surface area contributed by atoms with Crippen LogP contribution in [0.4, 0.5) is 0 Å². The van der Waals surface area contributed by atoms with E-state index in [0.29, 0.717) is 18.7 Å². The number of rotatable bonds is 9. The van der Waals surface area contributed by atoms with E-state index in [1.165, 1.54) is 16.7 Å². The SMILES string of the molecule is O=C(CCSC(c1ccccc1)(c1ccccc1)c1ccccc1)NCc1ccc2[nH]ccc2c1. The van der Waals surface area contributed by atoms with Gasteiger partial charge < -0.3 is 10.3 Å². The Morgan fingerprint density at radius 3 is 1.89 bits per heavy atom. The van der Waals surface area contributed by atoms with Crippen LogP contribution < -0.4 is 5.32 Å². The van der Waals surface area contributed by atoms with Crippen molar-refractivity contribution >= 4 is 28.6 Å². The number of amides is 1. The van der Waals surface area contributed by atoms with Gasteiger partial charge in [0.2, 0.25) is 5.91 Å². The highest BCUT2D eigenvalue weighted by Crippen LogP contribution is 2.48. The first-order valence-corrected chi connectivity index (χ1v) is 12.9. The first kappa shape index (κ1) is 23.0. The van der Waals surface area contributed by atoms with Crippen LogP contribution in [0.25, 0.3) is 10.9 Å². The van der Waals surface area contributed by atoms with Gasteiger partial charge in [0.1, 0.15) is 0 Å². The van der Waals surface area contributed by atoms with Crippen molar-refractivity contribution in [1.29, 1.82) is 0 Å². The van der Waals surface area contributed by atoms with Crippen molar-refractivity contribution in [3.8, 4) is 0 Å². The number of hydrogen-bond acceptors (Lipinski definition) is 2. The zero-order chi connectivity index (χ0) is 23.9. The quantitative estimate of drug-likeness (QED) is 0.227. The molecular weight excluding hydrogens is 448 g/mol. The maximum absolute atomic E-state index is 12.8. The van der Waals surface area contributed by atoms with Gasteiger partial charge in [-0.3, -0.25) is 4.79 Å². The third-order valence-corrected chi connectivity index (χ3v) is 7.84. The molecule has 0 saturated heterocycles. The van der Waals surface area contributed by atoms with Crippen LogP contribution in [0, 0.1) is 0 Å². The van der Waals surface area contributed by atoms with E-state index in [1.54, 1.807) is 0 Å². The summed E-state index contributed by atoms with van der Waals surface area (Å²) in [4.78, 5) is 16.0. The summed E-state index contributed by atoms with van der Waals surface area (Å²) in [6, 6.07) is 40.1. The predicted octanol–water partition coefficient (Wildman–Crippen LogP) is 6.90. The maximum atomic E-state index is 12.8. The topological polar surface area (TPSA) is 44.9 Å². The normalized spacial score (nSPS) is 11.4. The Balaban J connectivity index is 1.34. The summed E-state index contributed by atoms with van der Waals surface area (Å²) in [5, 5.41) is 4.26. The Labute approximate surface area is 210 Å². The minimum absolute atomic E-state index is 0.0646. The molecule has 0 aliphatic carbocycles. The second-order valence-corrected chi connectivity index (χ2v) is 9.86. The van der Waals surface area contributed by atoms with E-state index < -0.39 is 4.75 Å². The van der Waals surface area contributed by atoms with Gasteiger partial charge in [0.05, 0.1) is 4.75 Å². The molecule has 1 amide bonds. The Bertz CT molecular complexity index is 1280. The summed E-state index contributed by atoms with van der Waals surface area (Å²) in [5.41, 5.74) is 5.84. The molecule has 35 heavy (non-hydrogen) atoms. The first-order valence-electron chi connectivity index (χ1n) is 11.9. The van der Waals surface area contributed by atoms with Crippen LogP contribution in [0.1, 0.15) is 28.7 Å². The van der Waals surface area contributed by atoms with E-state index in [-0.39, 0.29) is 5.91 Å². The molecule has 0 spiro atoms. The molecule has 0 saturated carbocycles. The average molecular weight is 477 g/mol. The first-order chi connectivity index (χ1) is 17.3. The minimum Gasteiger partial charge on any atom is -0.361 e. The van der Waals surface area contributed by atoms with E-state index in [4.69, 9.17) is 0 Å². The van der Waals surface area contributed by atoms with Crippen LogP contribution in [0.15, 0.2) is 121 Å². The molecular formula is C31H28N2OS. The number of thioether (sulfide) groups is 1. The van der Waals surface area contributed by atoms with E-state index in [1.807, 2.05) is 42.2 Å². The third-order valence-electron chi connectivity index (χ3n) is 6.30. The van der Waals surface area contributed by atoms with Crippen molar-refractivity contribution in [3.63, 3.8) is 0 Å². The molecule has 3 nitrogen and oxygen atoms in total. The zero-order valence-corrected chi connectivity index (χ0v) is 20.3. The smallest absolute Gasteiger partial charge is 0.221 e. The van der Waals surface area contributed by atoms with Crippen LogP contribution in [0.5, 0.6) is 0 Å². The van der Waals surface area contributed by atoms with Gasteiger partial charge in [-0.15, -0.1) is 11.8 Å². The fourth-order valence-corrected chi connectivity index (χ4v) is 6.07. The molecule has 5 rings (SSSR count). The molecule has 4 heteroatoms. The van der Waals surface area contributed by atoms with E-state index in [0.717, 1.165) is 16.5 Å². The molecule has 174 valence electrons. The van der Waals surface area contributed by atoms with Crippen molar-refractivity contribution in [1.82, 2.24) is 10.3 Å². The molecule has 2 N–H and O–H groups in total. The lowest BCUT2D eigenvalue weighted by molar-refractivity contribution is -0.120. The third kappa shape index (κ3) is 5.03. The number of aromatic amines is 1. The van der Waals surface area contributed by atoms with Gasteiger partial charge in [0.15, 0.2) is 0 Å². The van der Waals surface area contributed by atoms with Gasteiger partial charge in [-0.25, -0.2) is 0 Å². The van der Waals surface area contributed by atoms with Crippen LogP contribution in [0.3, 0.4) is 0 Å². The monoisotopic (exact) mass is 476 g/mol. The number of carbonyl (C=O) groups excluding carboxylic acids is 1. The van der Waals surface area contributed by atoms with Crippen molar-refractivity contribution in [2.24, 2.45) is 0 Å². The van der Waals surface area contributed by atoms with E-state index in [9.17, 15) is 4.79 Å². The lowest BCUT2D eigenvalue weighted by Gasteiger charge is -2.35. The predicted molar refractivity (Wildman–Crippen MR) is 146 cm³/mol. The summed E-state index contributed by atoms with van der Waals surface area (Å²) < 4.78 is -0.399. The highest BCUT2D eigenvalue weighted by atomic mass is 32.2. The molecule has 0 radical (unpaired) electrons. The molecule has 0 unspecified atom stereocenters. The van der Waals surface area contributed by atoms with Crippen LogP contribution >= 0.6 is 11.8 Å². The fraction of sp³-hybridized carbons (Fsp3) is 0.129. The fourth-order valence-electron chi connectivity index (χ4n) is 4.57. The average Bonchev–Trinajstić information content (AvgIpc) is 3.40. The summed E-state index contributed by atoms with van der Waals surface area (Å²) in [7, 11) is 0. The Morgan fingerprint density at radius 1 is 0.743 bits per heavy atom. The lowest BCUT2D eigenvalue weighted by atomic mass is 9.84. The van der Waals surface area contributed by atoms with E-state index >= 15 is 0 Å². The van der Waals surface area contributed by atoms with Crippen LogP contribution in [-0.4, -0.2) is 16.6 Å². The number of H-pyrrole nitrogens is 1. The Morgan fingerprint density at radius 2 is 1.31 bits per heavy atom. The Hall–Kier alpha value is -3.76. The van der Waals surface area contributed by atoms with Crippen molar-refractivity contribution in [2.45, 2.75) is 17.7 Å². The summed E-state index contributed by atoms with van der Waals surface area (Å²) in [5.74, 6) is 0.760. The number of fused-ring (bicyclic) bond motifs is 1. The number of carbonyl (C=O) groups is 1. The van der Waals surface area contributed by atoms with Crippen molar-refractivity contribution in [3.05, 3.63) is 144 Å². The number of aromatic nitrogens is 1. The zero-order valence-electron chi connectivity index (χ0n) is 19.5.